The van der Waals surface area contributed by atoms with Crippen LogP contribution in [0.1, 0.15) is 5.56 Å². The highest BCUT2D eigenvalue weighted by molar-refractivity contribution is 6.30. The van der Waals surface area contributed by atoms with Crippen molar-refractivity contribution in [1.29, 1.82) is 0 Å². The molecule has 0 saturated heterocycles. The Bertz CT molecular complexity index is 432. The maximum Gasteiger partial charge on any atom is 0.273 e. The summed E-state index contributed by atoms with van der Waals surface area (Å²) in [4.78, 5) is 23.0. The second-order valence-corrected chi connectivity index (χ2v) is 3.93. The number of hydrogen-bond donors (Lipinski definition) is 0. The van der Waals surface area contributed by atoms with Gasteiger partial charge < -0.3 is 4.90 Å². The molecule has 0 bridgehead atoms. The number of carbonyl (C=O) groups is 1. The van der Waals surface area contributed by atoms with Gasteiger partial charge in [0.25, 0.3) is 5.69 Å². The van der Waals surface area contributed by atoms with Crippen LogP contribution in [0.5, 0.6) is 0 Å². The largest absolute Gasteiger partial charge is 0.349 e. The molecule has 0 aliphatic rings. The molecule has 0 aliphatic carbocycles. The summed E-state index contributed by atoms with van der Waals surface area (Å²) in [6, 6.07) is 4.19. The molecule has 1 rings (SSSR count). The Morgan fingerprint density at radius 2 is 2.12 bits per heavy atom. The summed E-state index contributed by atoms with van der Waals surface area (Å²) in [6.45, 7) is 0. The summed E-state index contributed by atoms with van der Waals surface area (Å²) < 4.78 is 0. The summed E-state index contributed by atoms with van der Waals surface area (Å²) in [7, 11) is 3.19. The first-order valence-corrected chi connectivity index (χ1v) is 4.92. The highest BCUT2D eigenvalue weighted by Crippen LogP contribution is 2.23. The summed E-state index contributed by atoms with van der Waals surface area (Å²) in [5.41, 5.74) is 0.246. The minimum absolute atomic E-state index is 0.0239. The third-order valence-corrected chi connectivity index (χ3v) is 2.31. The van der Waals surface area contributed by atoms with Gasteiger partial charge in [0.2, 0.25) is 5.91 Å². The van der Waals surface area contributed by atoms with Crippen LogP contribution < -0.4 is 0 Å². The Labute approximate surface area is 97.8 Å². The maximum absolute atomic E-state index is 11.5. The number of carbonyl (C=O) groups excluding carboxylic acids is 1. The Balaban J connectivity index is 3.06. The van der Waals surface area contributed by atoms with Crippen LogP contribution in [-0.2, 0) is 11.2 Å². The molecule has 16 heavy (non-hydrogen) atoms. The first-order chi connectivity index (χ1) is 7.41. The van der Waals surface area contributed by atoms with E-state index in [0.717, 1.165) is 0 Å². The van der Waals surface area contributed by atoms with Crippen molar-refractivity contribution in [2.24, 2.45) is 0 Å². The zero-order valence-electron chi connectivity index (χ0n) is 8.94. The second-order valence-electron chi connectivity index (χ2n) is 3.50. The zero-order chi connectivity index (χ0) is 12.3. The number of amides is 1. The van der Waals surface area contributed by atoms with Gasteiger partial charge in [0.15, 0.2) is 0 Å². The lowest BCUT2D eigenvalue weighted by Gasteiger charge is -2.10. The van der Waals surface area contributed by atoms with Crippen molar-refractivity contribution in [3.8, 4) is 0 Å². The fourth-order valence-electron chi connectivity index (χ4n) is 1.19. The molecule has 0 aliphatic heterocycles. The van der Waals surface area contributed by atoms with Crippen molar-refractivity contribution in [3.63, 3.8) is 0 Å². The second kappa shape index (κ2) is 4.94. The van der Waals surface area contributed by atoms with Gasteiger partial charge in [0.1, 0.15) is 0 Å². The van der Waals surface area contributed by atoms with E-state index in [9.17, 15) is 14.9 Å². The molecule has 5 nitrogen and oxygen atoms in total. The van der Waals surface area contributed by atoms with Gasteiger partial charge in [-0.1, -0.05) is 11.6 Å². The lowest BCUT2D eigenvalue weighted by molar-refractivity contribution is -0.385. The fourth-order valence-corrected chi connectivity index (χ4v) is 1.39. The first kappa shape index (κ1) is 12.4. The summed E-state index contributed by atoms with van der Waals surface area (Å²) in [5, 5.41) is 11.1. The highest BCUT2D eigenvalue weighted by Gasteiger charge is 2.17. The van der Waals surface area contributed by atoms with Gasteiger partial charge in [-0.25, -0.2) is 0 Å². The van der Waals surface area contributed by atoms with Crippen LogP contribution in [0.25, 0.3) is 0 Å². The van der Waals surface area contributed by atoms with E-state index >= 15 is 0 Å². The molecule has 0 spiro atoms. The SMILES string of the molecule is CN(C)C(=O)Cc1cc(Cl)ccc1[N+](=O)[O-]. The van der Waals surface area contributed by atoms with E-state index in [0.29, 0.717) is 10.6 Å². The van der Waals surface area contributed by atoms with E-state index in [4.69, 9.17) is 11.6 Å². The fraction of sp³-hybridized carbons (Fsp3) is 0.300. The molecule has 6 heteroatoms. The van der Waals surface area contributed by atoms with Crippen LogP contribution in [0, 0.1) is 10.1 Å². The van der Waals surface area contributed by atoms with Crippen molar-refractivity contribution in [3.05, 3.63) is 38.9 Å². The third-order valence-electron chi connectivity index (χ3n) is 2.08. The van der Waals surface area contributed by atoms with Crippen molar-refractivity contribution < 1.29 is 9.72 Å². The average molecular weight is 243 g/mol. The highest BCUT2D eigenvalue weighted by atomic mass is 35.5. The Morgan fingerprint density at radius 1 is 1.50 bits per heavy atom. The number of rotatable bonds is 3. The minimum atomic E-state index is -0.519. The predicted octanol–water partition coefficient (Wildman–Crippen LogP) is 1.88. The zero-order valence-corrected chi connectivity index (χ0v) is 9.69. The minimum Gasteiger partial charge on any atom is -0.349 e. The molecule has 0 heterocycles. The molecule has 0 unspecified atom stereocenters. The average Bonchev–Trinajstić information content (AvgIpc) is 2.16. The van der Waals surface area contributed by atoms with Gasteiger partial charge in [0.05, 0.1) is 11.3 Å². The monoisotopic (exact) mass is 242 g/mol. The Morgan fingerprint density at radius 3 is 2.62 bits per heavy atom. The van der Waals surface area contributed by atoms with E-state index in [1.807, 2.05) is 0 Å². The van der Waals surface area contributed by atoms with Gasteiger partial charge in [-0.3, -0.25) is 14.9 Å². The van der Waals surface area contributed by atoms with E-state index < -0.39 is 4.92 Å². The molecule has 86 valence electrons. The van der Waals surface area contributed by atoms with Crippen LogP contribution in [0.4, 0.5) is 5.69 Å². The molecule has 0 radical (unpaired) electrons. The predicted molar refractivity (Wildman–Crippen MR) is 60.5 cm³/mol. The summed E-state index contributed by atoms with van der Waals surface area (Å²) in [6.07, 6.45) is -0.0239. The van der Waals surface area contributed by atoms with Crippen molar-refractivity contribution >= 4 is 23.2 Å². The van der Waals surface area contributed by atoms with Crippen LogP contribution in [0.15, 0.2) is 18.2 Å². The van der Waals surface area contributed by atoms with Crippen LogP contribution in [0.3, 0.4) is 0 Å². The number of hydrogen-bond acceptors (Lipinski definition) is 3. The maximum atomic E-state index is 11.5. The molecule has 0 aromatic heterocycles. The quantitative estimate of drug-likeness (QED) is 0.601. The lowest BCUT2D eigenvalue weighted by Crippen LogP contribution is -2.23. The number of halogens is 1. The van der Waals surface area contributed by atoms with E-state index in [1.54, 1.807) is 14.1 Å². The summed E-state index contributed by atoms with van der Waals surface area (Å²) in [5.74, 6) is -0.203. The Kier molecular flexibility index (Phi) is 3.84. The molecule has 0 N–H and O–H groups in total. The molecule has 1 amide bonds. The number of benzene rings is 1. The van der Waals surface area contributed by atoms with E-state index in [1.165, 1.54) is 23.1 Å². The van der Waals surface area contributed by atoms with Crippen molar-refractivity contribution in [2.75, 3.05) is 14.1 Å². The lowest BCUT2D eigenvalue weighted by atomic mass is 10.1. The smallest absolute Gasteiger partial charge is 0.273 e. The first-order valence-electron chi connectivity index (χ1n) is 4.55. The van der Waals surface area contributed by atoms with Crippen LogP contribution >= 0.6 is 11.6 Å². The molecule has 0 saturated carbocycles. The van der Waals surface area contributed by atoms with Crippen molar-refractivity contribution in [2.45, 2.75) is 6.42 Å². The molecule has 1 aromatic rings. The van der Waals surface area contributed by atoms with Gasteiger partial charge >= 0.3 is 0 Å². The van der Waals surface area contributed by atoms with Crippen LogP contribution in [0.2, 0.25) is 5.02 Å². The molecule has 0 atom stereocenters. The standard InChI is InChI=1S/C10H11ClN2O3/c1-12(2)10(14)6-7-5-8(11)3-4-9(7)13(15)16/h3-5H,6H2,1-2H3. The third kappa shape index (κ3) is 2.93. The van der Waals surface area contributed by atoms with E-state index in [-0.39, 0.29) is 18.0 Å². The van der Waals surface area contributed by atoms with E-state index in [2.05, 4.69) is 0 Å². The Hall–Kier alpha value is -1.62. The van der Waals surface area contributed by atoms with Crippen LogP contribution in [-0.4, -0.2) is 29.8 Å². The summed E-state index contributed by atoms with van der Waals surface area (Å²) >= 11 is 5.74. The topological polar surface area (TPSA) is 63.5 Å². The van der Waals surface area contributed by atoms with Gasteiger partial charge in [-0.15, -0.1) is 0 Å². The number of likely N-dealkylation sites (N-methyl/N-ethyl adjacent to an activating group) is 1. The van der Waals surface area contributed by atoms with Gasteiger partial charge in [0, 0.05) is 30.7 Å². The molecular weight excluding hydrogens is 232 g/mol. The van der Waals surface area contributed by atoms with Gasteiger partial charge in [-0.05, 0) is 12.1 Å². The van der Waals surface area contributed by atoms with Crippen molar-refractivity contribution in [1.82, 2.24) is 4.90 Å². The van der Waals surface area contributed by atoms with Gasteiger partial charge in [-0.2, -0.15) is 0 Å². The normalized spacial score (nSPS) is 9.94. The number of nitro groups is 1. The molecule has 0 fully saturated rings. The molecule has 1 aromatic carbocycles. The number of nitrogens with zero attached hydrogens (tertiary/aromatic N) is 2. The molecular formula is C10H11ClN2O3. The number of nitro benzene ring substituents is 1.